The first kappa shape index (κ1) is 23.1. The van der Waals surface area contributed by atoms with Gasteiger partial charge in [-0.15, -0.1) is 0 Å². The summed E-state index contributed by atoms with van der Waals surface area (Å²) in [5, 5.41) is 3.10. The number of halogens is 1. The lowest BCUT2D eigenvalue weighted by Gasteiger charge is -2.16. The van der Waals surface area contributed by atoms with Gasteiger partial charge in [-0.2, -0.15) is 0 Å². The number of carbonyl (C=O) groups is 1. The summed E-state index contributed by atoms with van der Waals surface area (Å²) in [4.78, 5) is 38.9. The normalized spacial score (nSPS) is 10.8. The van der Waals surface area contributed by atoms with Crippen molar-refractivity contribution in [2.24, 2.45) is 0 Å². The topological polar surface area (TPSA) is 91.6 Å². The number of methoxy groups -OCH3 is 2. The fraction of sp³-hybridized carbons (Fsp3) is 0.160. The van der Waals surface area contributed by atoms with Crippen LogP contribution >= 0.6 is 11.6 Å². The number of carbonyl (C=O) groups excluding carboxylic acids is 1. The Labute approximate surface area is 199 Å². The van der Waals surface area contributed by atoms with Crippen molar-refractivity contribution < 1.29 is 14.3 Å². The number of nitrogens with zero attached hydrogens (tertiary/aromatic N) is 2. The maximum atomic E-state index is 13.1. The van der Waals surface area contributed by atoms with E-state index in [1.807, 2.05) is 30.3 Å². The van der Waals surface area contributed by atoms with Crippen molar-refractivity contribution in [2.45, 2.75) is 13.1 Å². The molecule has 0 fully saturated rings. The van der Waals surface area contributed by atoms with Crippen LogP contribution in [0.15, 0.2) is 76.3 Å². The molecular formula is C25H22ClN3O5. The molecule has 1 aromatic heterocycles. The Morgan fingerprint density at radius 3 is 2.15 bits per heavy atom. The van der Waals surface area contributed by atoms with Gasteiger partial charge in [-0.05, 0) is 23.8 Å². The molecule has 0 saturated heterocycles. The van der Waals surface area contributed by atoms with Crippen LogP contribution < -0.4 is 25.9 Å². The van der Waals surface area contributed by atoms with Gasteiger partial charge in [0.15, 0.2) is 0 Å². The maximum absolute atomic E-state index is 13.1. The van der Waals surface area contributed by atoms with Crippen molar-refractivity contribution in [3.63, 3.8) is 0 Å². The summed E-state index contributed by atoms with van der Waals surface area (Å²) in [5.41, 5.74) is 0.621. The van der Waals surface area contributed by atoms with E-state index in [1.165, 1.54) is 18.8 Å². The predicted molar refractivity (Wildman–Crippen MR) is 131 cm³/mol. The zero-order chi connectivity index (χ0) is 24.2. The van der Waals surface area contributed by atoms with Crippen molar-refractivity contribution in [2.75, 3.05) is 19.5 Å². The average Bonchev–Trinajstić information content (AvgIpc) is 2.84. The van der Waals surface area contributed by atoms with E-state index in [-0.39, 0.29) is 13.1 Å². The van der Waals surface area contributed by atoms with Gasteiger partial charge in [0.25, 0.3) is 0 Å². The van der Waals surface area contributed by atoms with Gasteiger partial charge in [-0.1, -0.05) is 41.9 Å². The summed E-state index contributed by atoms with van der Waals surface area (Å²) < 4.78 is 13.0. The Balaban J connectivity index is 1.73. The van der Waals surface area contributed by atoms with Gasteiger partial charge in [0, 0.05) is 28.9 Å². The third-order valence-electron chi connectivity index (χ3n) is 5.31. The zero-order valence-corrected chi connectivity index (χ0v) is 19.3. The van der Waals surface area contributed by atoms with Crippen LogP contribution in [0.1, 0.15) is 5.56 Å². The Bertz CT molecular complexity index is 1460. The van der Waals surface area contributed by atoms with Crippen LogP contribution in [0.4, 0.5) is 5.69 Å². The van der Waals surface area contributed by atoms with Gasteiger partial charge in [0.05, 0.1) is 31.8 Å². The molecule has 0 aliphatic rings. The molecule has 9 heteroatoms. The fourth-order valence-electron chi connectivity index (χ4n) is 3.69. The van der Waals surface area contributed by atoms with Crippen LogP contribution in [0.25, 0.3) is 11.0 Å². The maximum Gasteiger partial charge on any atom is 0.317 e. The van der Waals surface area contributed by atoms with Crippen LogP contribution in [0.5, 0.6) is 11.5 Å². The first-order valence-electron chi connectivity index (χ1n) is 10.4. The summed E-state index contributed by atoms with van der Waals surface area (Å²) in [6.07, 6.45) is 0. The van der Waals surface area contributed by atoms with Crippen molar-refractivity contribution in [3.8, 4) is 11.5 Å². The zero-order valence-electron chi connectivity index (χ0n) is 18.6. The highest BCUT2D eigenvalue weighted by Crippen LogP contribution is 2.26. The molecular weight excluding hydrogens is 458 g/mol. The molecule has 0 bridgehead atoms. The van der Waals surface area contributed by atoms with Gasteiger partial charge in [0.1, 0.15) is 18.0 Å². The highest BCUT2D eigenvalue weighted by molar-refractivity contribution is 6.31. The number of nitrogens with one attached hydrogen (secondary N) is 1. The molecule has 1 N–H and O–H groups in total. The average molecular weight is 480 g/mol. The number of rotatable bonds is 7. The first-order valence-corrected chi connectivity index (χ1v) is 10.8. The van der Waals surface area contributed by atoms with Crippen molar-refractivity contribution in [1.29, 1.82) is 0 Å². The van der Waals surface area contributed by atoms with Gasteiger partial charge >= 0.3 is 11.1 Å². The van der Waals surface area contributed by atoms with E-state index < -0.39 is 17.0 Å². The lowest BCUT2D eigenvalue weighted by molar-refractivity contribution is -0.116. The molecule has 1 heterocycles. The van der Waals surface area contributed by atoms with Gasteiger partial charge in [-0.25, -0.2) is 0 Å². The fourth-order valence-corrected chi connectivity index (χ4v) is 3.86. The second-order valence-electron chi connectivity index (χ2n) is 7.55. The molecule has 34 heavy (non-hydrogen) atoms. The number of hydrogen-bond donors (Lipinski definition) is 1. The van der Waals surface area contributed by atoms with E-state index in [0.29, 0.717) is 33.2 Å². The molecule has 0 spiro atoms. The lowest BCUT2D eigenvalue weighted by atomic mass is 10.2. The number of ether oxygens (including phenoxy) is 2. The molecule has 0 saturated carbocycles. The van der Waals surface area contributed by atoms with E-state index in [0.717, 1.165) is 10.1 Å². The standard InChI is InChI=1S/C25H22ClN3O5/c1-33-19-11-18(12-20(13-19)34-2)27-23(30)15-29-22-10-17(26)8-9-21(22)28(24(31)25(29)32)14-16-6-4-3-5-7-16/h3-13H,14-15H2,1-2H3,(H,27,30). The quantitative estimate of drug-likeness (QED) is 0.409. The molecule has 3 aromatic carbocycles. The molecule has 174 valence electrons. The Morgan fingerprint density at radius 1 is 0.853 bits per heavy atom. The molecule has 0 unspecified atom stereocenters. The molecule has 0 atom stereocenters. The summed E-state index contributed by atoms with van der Waals surface area (Å²) in [5.74, 6) is 0.485. The van der Waals surface area contributed by atoms with Crippen molar-refractivity contribution >= 4 is 34.2 Å². The highest BCUT2D eigenvalue weighted by Gasteiger charge is 2.17. The monoisotopic (exact) mass is 479 g/mol. The summed E-state index contributed by atoms with van der Waals surface area (Å²) in [6, 6.07) is 19.1. The van der Waals surface area contributed by atoms with Crippen LogP contribution in [0.2, 0.25) is 5.02 Å². The number of anilines is 1. The molecule has 0 radical (unpaired) electrons. The third-order valence-corrected chi connectivity index (χ3v) is 5.55. The van der Waals surface area contributed by atoms with Crippen LogP contribution in [0, 0.1) is 0 Å². The SMILES string of the molecule is COc1cc(NC(=O)Cn2c(=O)c(=O)n(Cc3ccccc3)c3ccc(Cl)cc32)cc(OC)c1. The number of hydrogen-bond acceptors (Lipinski definition) is 5. The molecule has 8 nitrogen and oxygen atoms in total. The lowest BCUT2D eigenvalue weighted by Crippen LogP contribution is -2.43. The number of fused-ring (bicyclic) bond motifs is 1. The minimum Gasteiger partial charge on any atom is -0.497 e. The molecule has 4 aromatic rings. The van der Waals surface area contributed by atoms with Crippen molar-refractivity contribution in [1.82, 2.24) is 9.13 Å². The van der Waals surface area contributed by atoms with Crippen molar-refractivity contribution in [3.05, 3.63) is 98.0 Å². The van der Waals surface area contributed by atoms with E-state index >= 15 is 0 Å². The van der Waals surface area contributed by atoms with Crippen LogP contribution in [-0.2, 0) is 17.9 Å². The Hall–Kier alpha value is -4.04. The Morgan fingerprint density at radius 2 is 1.50 bits per heavy atom. The van der Waals surface area contributed by atoms with E-state index in [4.69, 9.17) is 21.1 Å². The van der Waals surface area contributed by atoms with Gasteiger partial charge in [0.2, 0.25) is 5.91 Å². The molecule has 0 aliphatic carbocycles. The Kier molecular flexibility index (Phi) is 6.70. The third kappa shape index (κ3) is 4.82. The minimum absolute atomic E-state index is 0.212. The van der Waals surface area contributed by atoms with Gasteiger partial charge in [-0.3, -0.25) is 23.5 Å². The molecule has 1 amide bonds. The second kappa shape index (κ2) is 9.84. The molecule has 0 aliphatic heterocycles. The van der Waals surface area contributed by atoms with E-state index in [2.05, 4.69) is 5.32 Å². The number of amides is 1. The summed E-state index contributed by atoms with van der Waals surface area (Å²) in [7, 11) is 3.00. The number of benzene rings is 3. The van der Waals surface area contributed by atoms with Crippen LogP contribution in [0.3, 0.4) is 0 Å². The van der Waals surface area contributed by atoms with Gasteiger partial charge < -0.3 is 14.8 Å². The van der Waals surface area contributed by atoms with E-state index in [1.54, 1.807) is 36.4 Å². The first-order chi connectivity index (χ1) is 16.4. The summed E-state index contributed by atoms with van der Waals surface area (Å²) in [6.45, 7) is -0.166. The predicted octanol–water partition coefficient (Wildman–Crippen LogP) is 3.52. The summed E-state index contributed by atoms with van der Waals surface area (Å²) >= 11 is 6.20. The highest BCUT2D eigenvalue weighted by atomic mass is 35.5. The largest absolute Gasteiger partial charge is 0.497 e. The second-order valence-corrected chi connectivity index (χ2v) is 7.99. The van der Waals surface area contributed by atoms with Crippen LogP contribution in [-0.4, -0.2) is 29.3 Å². The van der Waals surface area contributed by atoms with E-state index in [9.17, 15) is 14.4 Å². The molecule has 4 rings (SSSR count). The minimum atomic E-state index is -0.816. The smallest absolute Gasteiger partial charge is 0.317 e. The number of aromatic nitrogens is 2.